The lowest BCUT2D eigenvalue weighted by atomic mass is 10.3. The lowest BCUT2D eigenvalue weighted by molar-refractivity contribution is -0.384. The van der Waals surface area contributed by atoms with Crippen molar-refractivity contribution in [3.05, 3.63) is 34.1 Å². The topological polar surface area (TPSA) is 105 Å². The van der Waals surface area contributed by atoms with Crippen molar-refractivity contribution in [3.8, 4) is 0 Å². The van der Waals surface area contributed by atoms with Crippen LogP contribution in [0.4, 0.5) is 15.8 Å². The molecule has 0 aliphatic carbocycles. The van der Waals surface area contributed by atoms with Crippen molar-refractivity contribution in [2.75, 3.05) is 30.9 Å². The van der Waals surface area contributed by atoms with Gasteiger partial charge in [0, 0.05) is 26.2 Å². The van der Waals surface area contributed by atoms with Gasteiger partial charge in [0.2, 0.25) is 0 Å². The fraction of sp³-hybridized carbons (Fsp3) is 0.400. The highest BCUT2D eigenvalue weighted by Gasteiger charge is 2.26. The first kappa shape index (κ1) is 14.6. The summed E-state index contributed by atoms with van der Waals surface area (Å²) in [6.45, 7) is 1.55. The zero-order valence-corrected chi connectivity index (χ0v) is 11.2. The fourth-order valence-electron chi connectivity index (χ4n) is 1.83. The molecule has 10 heteroatoms. The van der Waals surface area contributed by atoms with E-state index in [2.05, 4.69) is 10.0 Å². The number of piperazine rings is 1. The Labute approximate surface area is 114 Å². The maximum atomic E-state index is 13.0. The molecule has 8 nitrogen and oxygen atoms in total. The van der Waals surface area contributed by atoms with E-state index in [4.69, 9.17) is 0 Å². The van der Waals surface area contributed by atoms with Crippen LogP contribution in [0.5, 0.6) is 0 Å². The van der Waals surface area contributed by atoms with Gasteiger partial charge in [0.1, 0.15) is 11.5 Å². The summed E-state index contributed by atoms with van der Waals surface area (Å²) in [7, 11) is -3.89. The Hall–Kier alpha value is -1.78. The van der Waals surface area contributed by atoms with Crippen molar-refractivity contribution in [3.63, 3.8) is 0 Å². The van der Waals surface area contributed by atoms with Crippen molar-refractivity contribution in [2.24, 2.45) is 0 Å². The van der Waals surface area contributed by atoms with Crippen LogP contribution in [0.1, 0.15) is 0 Å². The summed E-state index contributed by atoms with van der Waals surface area (Å²) in [6, 6.07) is 2.67. The molecule has 1 aliphatic heterocycles. The Balaban J connectivity index is 2.27. The third-order valence-corrected chi connectivity index (χ3v) is 4.33. The van der Waals surface area contributed by atoms with Gasteiger partial charge in [0.25, 0.3) is 5.69 Å². The van der Waals surface area contributed by atoms with Crippen LogP contribution in [0.3, 0.4) is 0 Å². The number of nitro groups is 1. The quantitative estimate of drug-likeness (QED) is 0.615. The summed E-state index contributed by atoms with van der Waals surface area (Å²) in [5.74, 6) is -0.804. The van der Waals surface area contributed by atoms with Gasteiger partial charge in [-0.2, -0.15) is 12.7 Å². The molecule has 20 heavy (non-hydrogen) atoms. The highest BCUT2D eigenvalue weighted by molar-refractivity contribution is 7.90. The molecule has 0 unspecified atom stereocenters. The molecule has 1 heterocycles. The lowest BCUT2D eigenvalue weighted by Crippen LogP contribution is -2.48. The SMILES string of the molecule is O=[N+]([O-])c1cc(F)ccc1NS(=O)(=O)N1CCNCC1. The molecule has 0 saturated carbocycles. The van der Waals surface area contributed by atoms with E-state index >= 15 is 0 Å². The van der Waals surface area contributed by atoms with Gasteiger partial charge < -0.3 is 5.32 Å². The van der Waals surface area contributed by atoms with Gasteiger partial charge in [-0.05, 0) is 12.1 Å². The van der Waals surface area contributed by atoms with E-state index < -0.39 is 26.6 Å². The van der Waals surface area contributed by atoms with E-state index in [1.807, 2.05) is 0 Å². The van der Waals surface area contributed by atoms with Crippen LogP contribution in [0.2, 0.25) is 0 Å². The highest BCUT2D eigenvalue weighted by atomic mass is 32.2. The minimum atomic E-state index is -3.89. The zero-order valence-electron chi connectivity index (χ0n) is 10.4. The summed E-state index contributed by atoms with van der Waals surface area (Å²) in [5.41, 5.74) is -0.876. The Morgan fingerprint density at radius 2 is 2.00 bits per heavy atom. The summed E-state index contributed by atoms with van der Waals surface area (Å²) in [6.07, 6.45) is 0. The molecule has 0 bridgehead atoms. The standard InChI is InChI=1S/C10H13FN4O4S/c11-8-1-2-9(10(7-8)15(16)17)13-20(18,19)14-5-3-12-4-6-14/h1-2,7,12-13H,3-6H2. The first-order valence-electron chi connectivity index (χ1n) is 5.83. The summed E-state index contributed by atoms with van der Waals surface area (Å²) in [4.78, 5) is 9.98. The summed E-state index contributed by atoms with van der Waals surface area (Å²) < 4.78 is 40.5. The van der Waals surface area contributed by atoms with Crippen molar-refractivity contribution in [1.82, 2.24) is 9.62 Å². The average molecular weight is 304 g/mol. The Morgan fingerprint density at radius 1 is 1.35 bits per heavy atom. The maximum Gasteiger partial charge on any atom is 0.301 e. The lowest BCUT2D eigenvalue weighted by Gasteiger charge is -2.26. The van der Waals surface area contributed by atoms with Crippen LogP contribution in [-0.2, 0) is 10.2 Å². The number of hydrogen-bond donors (Lipinski definition) is 2. The van der Waals surface area contributed by atoms with Crippen LogP contribution in [0, 0.1) is 15.9 Å². The van der Waals surface area contributed by atoms with Gasteiger partial charge in [-0.15, -0.1) is 0 Å². The van der Waals surface area contributed by atoms with Gasteiger partial charge in [-0.3, -0.25) is 14.8 Å². The number of nitrogens with one attached hydrogen (secondary N) is 2. The average Bonchev–Trinajstić information content (AvgIpc) is 2.41. The van der Waals surface area contributed by atoms with E-state index in [1.165, 1.54) is 4.31 Å². The van der Waals surface area contributed by atoms with Crippen LogP contribution in [-0.4, -0.2) is 43.8 Å². The highest BCUT2D eigenvalue weighted by Crippen LogP contribution is 2.26. The second-order valence-corrected chi connectivity index (χ2v) is 5.85. The number of nitrogens with zero attached hydrogens (tertiary/aromatic N) is 2. The van der Waals surface area contributed by atoms with E-state index in [1.54, 1.807) is 0 Å². The van der Waals surface area contributed by atoms with Crippen LogP contribution >= 0.6 is 0 Å². The molecule has 0 aromatic heterocycles. The van der Waals surface area contributed by atoms with Crippen molar-refractivity contribution in [2.45, 2.75) is 0 Å². The molecule has 0 amide bonds. The molecule has 0 spiro atoms. The largest absolute Gasteiger partial charge is 0.314 e. The van der Waals surface area contributed by atoms with E-state index in [9.17, 15) is 22.9 Å². The summed E-state index contributed by atoms with van der Waals surface area (Å²) in [5, 5.41) is 13.8. The van der Waals surface area contributed by atoms with E-state index in [-0.39, 0.29) is 18.8 Å². The number of nitro benzene ring substituents is 1. The number of hydrogen-bond acceptors (Lipinski definition) is 5. The van der Waals surface area contributed by atoms with E-state index in [0.29, 0.717) is 19.2 Å². The van der Waals surface area contributed by atoms with Gasteiger partial charge in [0.15, 0.2) is 0 Å². The molecular weight excluding hydrogens is 291 g/mol. The molecule has 2 rings (SSSR count). The molecule has 1 fully saturated rings. The third kappa shape index (κ3) is 3.21. The molecule has 1 aromatic rings. The molecule has 0 atom stereocenters. The van der Waals surface area contributed by atoms with Crippen LogP contribution in [0.15, 0.2) is 18.2 Å². The second-order valence-electron chi connectivity index (χ2n) is 4.17. The number of halogens is 1. The van der Waals surface area contributed by atoms with E-state index in [0.717, 1.165) is 12.1 Å². The molecule has 1 saturated heterocycles. The third-order valence-electron chi connectivity index (χ3n) is 2.81. The molecule has 2 N–H and O–H groups in total. The molecule has 110 valence electrons. The Bertz CT molecular complexity index is 616. The van der Waals surface area contributed by atoms with Crippen molar-refractivity contribution < 1.29 is 17.7 Å². The predicted molar refractivity (Wildman–Crippen MR) is 70.0 cm³/mol. The minimum absolute atomic E-state index is 0.255. The van der Waals surface area contributed by atoms with Crippen LogP contribution in [0.25, 0.3) is 0 Å². The van der Waals surface area contributed by atoms with Gasteiger partial charge >= 0.3 is 10.2 Å². The fourth-order valence-corrected chi connectivity index (χ4v) is 3.07. The molecule has 1 aromatic carbocycles. The van der Waals surface area contributed by atoms with Gasteiger partial charge in [-0.25, -0.2) is 4.39 Å². The maximum absolute atomic E-state index is 13.0. The Morgan fingerprint density at radius 3 is 2.60 bits per heavy atom. The zero-order chi connectivity index (χ0) is 14.8. The van der Waals surface area contributed by atoms with Gasteiger partial charge in [-0.1, -0.05) is 0 Å². The molecule has 1 aliphatic rings. The molecule has 0 radical (unpaired) electrons. The smallest absolute Gasteiger partial charge is 0.301 e. The first-order chi connectivity index (χ1) is 9.40. The van der Waals surface area contributed by atoms with Crippen molar-refractivity contribution in [1.29, 1.82) is 0 Å². The Kier molecular flexibility index (Phi) is 4.16. The summed E-state index contributed by atoms with van der Waals surface area (Å²) >= 11 is 0. The molecular formula is C10H13FN4O4S. The first-order valence-corrected chi connectivity index (χ1v) is 7.27. The van der Waals surface area contributed by atoms with Crippen LogP contribution < -0.4 is 10.0 Å². The normalized spacial score (nSPS) is 16.9. The minimum Gasteiger partial charge on any atom is -0.314 e. The number of rotatable bonds is 4. The number of benzene rings is 1. The number of anilines is 1. The second kappa shape index (κ2) is 5.69. The van der Waals surface area contributed by atoms with Gasteiger partial charge in [0.05, 0.1) is 11.0 Å². The predicted octanol–water partition coefficient (Wildman–Crippen LogP) is 0.296. The van der Waals surface area contributed by atoms with Crippen molar-refractivity contribution >= 4 is 21.6 Å². The monoisotopic (exact) mass is 304 g/mol.